The van der Waals surface area contributed by atoms with Gasteiger partial charge in [0.25, 0.3) is 5.69 Å². The lowest BCUT2D eigenvalue weighted by Crippen LogP contribution is -2.14. The van der Waals surface area contributed by atoms with Crippen molar-refractivity contribution in [2.75, 3.05) is 12.3 Å². The molecule has 0 heterocycles. The molecule has 0 aliphatic carbocycles. The Labute approximate surface area is 132 Å². The summed E-state index contributed by atoms with van der Waals surface area (Å²) in [4.78, 5) is 9.51. The number of aliphatic hydroxyl groups excluding tert-OH is 1. The molecule has 2 rings (SSSR count). The molecule has 9 heteroatoms. The third kappa shape index (κ3) is 4.03. The van der Waals surface area contributed by atoms with E-state index in [2.05, 4.69) is 0 Å². The molecule has 0 bridgehead atoms. The minimum atomic E-state index is -4.37. The third-order valence-electron chi connectivity index (χ3n) is 3.03. The molecule has 2 aromatic rings. The first-order valence-electron chi connectivity index (χ1n) is 6.47. The molecule has 0 aromatic heterocycles. The molecule has 0 aliphatic rings. The maximum Gasteiger partial charge on any atom is 0.303 e. The number of nitro benzene ring substituents is 1. The van der Waals surface area contributed by atoms with Gasteiger partial charge in [-0.1, -0.05) is 24.3 Å². The van der Waals surface area contributed by atoms with Gasteiger partial charge in [0.05, 0.1) is 11.5 Å². The van der Waals surface area contributed by atoms with Crippen molar-refractivity contribution in [2.45, 2.75) is 11.0 Å². The summed E-state index contributed by atoms with van der Waals surface area (Å²) in [5.41, 5.74) is 5.84. The van der Waals surface area contributed by atoms with Gasteiger partial charge in [0.2, 0.25) is 0 Å². The average Bonchev–Trinajstić information content (AvgIpc) is 2.53. The molecular formula is C14H14N2O6S. The molecule has 0 aliphatic heterocycles. The highest BCUT2D eigenvalue weighted by atomic mass is 32.2. The number of nitrogen functional groups attached to an aromatic ring is 1. The standard InChI is InChI=1S/C14H14N2O6S/c15-11-7-5-10(6-8-11)13(17)9-22-23(20,21)14-4-2-1-3-12(14)16(18)19/h1-8,13,17H,9,15H2. The van der Waals surface area contributed by atoms with Crippen LogP contribution in [0.15, 0.2) is 53.4 Å². The molecule has 0 saturated carbocycles. The summed E-state index contributed by atoms with van der Waals surface area (Å²) >= 11 is 0. The van der Waals surface area contributed by atoms with Crippen molar-refractivity contribution in [3.05, 3.63) is 64.2 Å². The van der Waals surface area contributed by atoms with Crippen molar-refractivity contribution in [3.8, 4) is 0 Å². The van der Waals surface area contributed by atoms with E-state index in [1.807, 2.05) is 0 Å². The third-order valence-corrected chi connectivity index (χ3v) is 4.36. The number of hydrogen-bond acceptors (Lipinski definition) is 7. The van der Waals surface area contributed by atoms with Crippen molar-refractivity contribution < 1.29 is 22.6 Å². The van der Waals surface area contributed by atoms with Crippen LogP contribution in [0.2, 0.25) is 0 Å². The highest BCUT2D eigenvalue weighted by Crippen LogP contribution is 2.25. The highest BCUT2D eigenvalue weighted by Gasteiger charge is 2.27. The smallest absolute Gasteiger partial charge is 0.303 e. The number of benzene rings is 2. The van der Waals surface area contributed by atoms with Crippen molar-refractivity contribution in [1.29, 1.82) is 0 Å². The van der Waals surface area contributed by atoms with Crippen molar-refractivity contribution in [2.24, 2.45) is 0 Å². The van der Waals surface area contributed by atoms with E-state index >= 15 is 0 Å². The molecule has 8 nitrogen and oxygen atoms in total. The Morgan fingerprint density at radius 3 is 2.39 bits per heavy atom. The minimum absolute atomic E-state index is 0.414. The molecular weight excluding hydrogens is 324 g/mol. The molecule has 0 spiro atoms. The molecule has 2 aromatic carbocycles. The Morgan fingerprint density at radius 1 is 1.17 bits per heavy atom. The fourth-order valence-corrected chi connectivity index (χ4v) is 2.93. The van der Waals surface area contributed by atoms with Crippen LogP contribution in [0.4, 0.5) is 11.4 Å². The Hall–Kier alpha value is -2.49. The monoisotopic (exact) mass is 338 g/mol. The zero-order valence-corrected chi connectivity index (χ0v) is 12.6. The van der Waals surface area contributed by atoms with Gasteiger partial charge in [-0.15, -0.1) is 0 Å². The summed E-state index contributed by atoms with van der Waals surface area (Å²) in [6.07, 6.45) is -1.21. The van der Waals surface area contributed by atoms with Crippen molar-refractivity contribution in [3.63, 3.8) is 0 Å². The first-order chi connectivity index (χ1) is 10.8. The van der Waals surface area contributed by atoms with Crippen LogP contribution in [-0.4, -0.2) is 25.1 Å². The summed E-state index contributed by atoms with van der Waals surface area (Å²) in [5.74, 6) is 0. The Bertz CT molecular complexity index is 804. The van der Waals surface area contributed by atoms with E-state index in [1.54, 1.807) is 12.1 Å². The van der Waals surface area contributed by atoms with Gasteiger partial charge in [-0.05, 0) is 23.8 Å². The van der Waals surface area contributed by atoms with Crippen LogP contribution in [0, 0.1) is 10.1 Å². The van der Waals surface area contributed by atoms with Crippen LogP contribution >= 0.6 is 0 Å². The molecule has 1 unspecified atom stereocenters. The second-order valence-corrected chi connectivity index (χ2v) is 6.23. The number of rotatable bonds is 6. The van der Waals surface area contributed by atoms with E-state index in [4.69, 9.17) is 9.92 Å². The zero-order chi connectivity index (χ0) is 17.0. The zero-order valence-electron chi connectivity index (χ0n) is 11.8. The molecule has 1 atom stereocenters. The summed E-state index contributed by atoms with van der Waals surface area (Å²) in [7, 11) is -4.37. The number of nitro groups is 1. The first-order valence-corrected chi connectivity index (χ1v) is 7.88. The minimum Gasteiger partial charge on any atom is -0.399 e. The van der Waals surface area contributed by atoms with E-state index in [1.165, 1.54) is 24.3 Å². The molecule has 0 saturated heterocycles. The van der Waals surface area contributed by atoms with Crippen molar-refractivity contribution in [1.82, 2.24) is 0 Å². The summed E-state index contributed by atoms with van der Waals surface area (Å²) in [6, 6.07) is 11.0. The molecule has 122 valence electrons. The Morgan fingerprint density at radius 2 is 1.78 bits per heavy atom. The van der Waals surface area contributed by atoms with Crippen molar-refractivity contribution >= 4 is 21.5 Å². The summed E-state index contributed by atoms with van der Waals surface area (Å²) < 4.78 is 28.9. The largest absolute Gasteiger partial charge is 0.399 e. The maximum absolute atomic E-state index is 12.1. The lowest BCUT2D eigenvalue weighted by Gasteiger charge is -2.12. The van der Waals surface area contributed by atoms with E-state index in [9.17, 15) is 23.6 Å². The van der Waals surface area contributed by atoms with Gasteiger partial charge in [0.1, 0.15) is 6.10 Å². The average molecular weight is 338 g/mol. The lowest BCUT2D eigenvalue weighted by molar-refractivity contribution is -0.387. The maximum atomic E-state index is 12.1. The molecule has 0 fully saturated rings. The Kier molecular flexibility index (Phi) is 4.94. The second-order valence-electron chi connectivity index (χ2n) is 4.65. The van der Waals surface area contributed by atoms with E-state index < -0.39 is 38.3 Å². The number of nitrogens with two attached hydrogens (primary N) is 1. The van der Waals surface area contributed by atoms with Gasteiger partial charge in [0.15, 0.2) is 4.90 Å². The fourth-order valence-electron chi connectivity index (χ4n) is 1.85. The van der Waals surface area contributed by atoms with E-state index in [0.29, 0.717) is 11.3 Å². The van der Waals surface area contributed by atoms with Gasteiger partial charge in [-0.2, -0.15) is 8.42 Å². The number of aliphatic hydroxyl groups is 1. The number of para-hydroxylation sites is 1. The quantitative estimate of drug-likeness (QED) is 0.354. The van der Waals surface area contributed by atoms with Crippen LogP contribution in [0.5, 0.6) is 0 Å². The predicted molar refractivity (Wildman–Crippen MR) is 82.0 cm³/mol. The summed E-state index contributed by atoms with van der Waals surface area (Å²) in [5, 5.41) is 20.8. The molecule has 0 amide bonds. The number of anilines is 1. The normalized spacial score (nSPS) is 12.7. The van der Waals surface area contributed by atoms with Gasteiger partial charge in [-0.25, -0.2) is 0 Å². The van der Waals surface area contributed by atoms with Crippen LogP contribution in [0.3, 0.4) is 0 Å². The number of hydrogen-bond donors (Lipinski definition) is 2. The Balaban J connectivity index is 2.16. The SMILES string of the molecule is Nc1ccc(C(O)COS(=O)(=O)c2ccccc2[N+](=O)[O-])cc1. The van der Waals surface area contributed by atoms with Gasteiger partial charge in [0, 0.05) is 11.8 Å². The van der Waals surface area contributed by atoms with Crippen LogP contribution in [-0.2, 0) is 14.3 Å². The van der Waals surface area contributed by atoms with E-state index in [0.717, 1.165) is 12.1 Å². The molecule has 0 radical (unpaired) electrons. The van der Waals surface area contributed by atoms with Crippen LogP contribution < -0.4 is 5.73 Å². The molecule has 3 N–H and O–H groups in total. The predicted octanol–water partition coefficient (Wildman–Crippen LogP) is 1.62. The number of nitrogens with zero attached hydrogens (tertiary/aromatic N) is 1. The van der Waals surface area contributed by atoms with Gasteiger partial charge < -0.3 is 10.8 Å². The lowest BCUT2D eigenvalue weighted by atomic mass is 10.1. The van der Waals surface area contributed by atoms with Gasteiger partial charge in [-0.3, -0.25) is 14.3 Å². The first kappa shape index (κ1) is 16.9. The fraction of sp³-hybridized carbons (Fsp3) is 0.143. The molecule has 23 heavy (non-hydrogen) atoms. The van der Waals surface area contributed by atoms with Crippen LogP contribution in [0.1, 0.15) is 11.7 Å². The summed E-state index contributed by atoms with van der Waals surface area (Å²) in [6.45, 7) is -0.571. The topological polar surface area (TPSA) is 133 Å². The highest BCUT2D eigenvalue weighted by molar-refractivity contribution is 7.87. The van der Waals surface area contributed by atoms with Crippen LogP contribution in [0.25, 0.3) is 0 Å². The van der Waals surface area contributed by atoms with E-state index in [-0.39, 0.29) is 0 Å². The second kappa shape index (κ2) is 6.73. The van der Waals surface area contributed by atoms with Gasteiger partial charge >= 0.3 is 10.1 Å².